The lowest BCUT2D eigenvalue weighted by molar-refractivity contribution is -0.136. The van der Waals surface area contributed by atoms with Crippen LogP contribution < -0.4 is 21.0 Å². The van der Waals surface area contributed by atoms with Crippen LogP contribution in [0.25, 0.3) is 5.69 Å². The number of nitrogens with zero attached hydrogens (tertiary/aromatic N) is 3. The molecule has 0 bridgehead atoms. The predicted octanol–water partition coefficient (Wildman–Crippen LogP) is 3.29. The van der Waals surface area contributed by atoms with E-state index in [2.05, 4.69) is 15.8 Å². The number of benzene rings is 3. The summed E-state index contributed by atoms with van der Waals surface area (Å²) >= 11 is 0. The average Bonchev–Trinajstić information content (AvgIpc) is 3.11. The second-order valence-corrected chi connectivity index (χ2v) is 8.08. The molecule has 4 aromatic rings. The first-order valence-electron chi connectivity index (χ1n) is 11.3. The van der Waals surface area contributed by atoms with Crippen molar-refractivity contribution < 1.29 is 18.7 Å². The average molecular weight is 502 g/mol. The summed E-state index contributed by atoms with van der Waals surface area (Å²) in [5, 5.41) is 6.17. The van der Waals surface area contributed by atoms with Gasteiger partial charge in [0.25, 0.3) is 5.56 Å². The van der Waals surface area contributed by atoms with Gasteiger partial charge < -0.3 is 10.1 Å². The summed E-state index contributed by atoms with van der Waals surface area (Å²) in [6, 6.07) is 21.9. The van der Waals surface area contributed by atoms with Crippen LogP contribution in [0.5, 0.6) is 5.75 Å². The Bertz CT molecular complexity index is 1510. The Balaban J connectivity index is 1.33. The van der Waals surface area contributed by atoms with E-state index in [1.165, 1.54) is 23.0 Å². The molecule has 0 saturated heterocycles. The highest BCUT2D eigenvalue weighted by molar-refractivity contribution is 6.39. The molecule has 2 N–H and O–H groups in total. The number of hydrogen-bond donors (Lipinski definition) is 2. The second-order valence-electron chi connectivity index (χ2n) is 8.08. The maximum absolute atomic E-state index is 13.3. The van der Waals surface area contributed by atoms with Crippen LogP contribution >= 0.6 is 0 Å². The number of ether oxygens (including phenoxy) is 1. The minimum Gasteiger partial charge on any atom is -0.489 e. The van der Waals surface area contributed by atoms with E-state index in [-0.39, 0.29) is 18.1 Å². The molecule has 4 rings (SSSR count). The van der Waals surface area contributed by atoms with Gasteiger partial charge in [-0.15, -0.1) is 0 Å². The summed E-state index contributed by atoms with van der Waals surface area (Å²) in [7, 11) is 1.68. The summed E-state index contributed by atoms with van der Waals surface area (Å²) in [6.07, 6.45) is 1.36. The molecule has 0 spiro atoms. The van der Waals surface area contributed by atoms with E-state index >= 15 is 0 Å². The van der Waals surface area contributed by atoms with Crippen molar-refractivity contribution in [2.75, 3.05) is 5.32 Å². The molecule has 188 valence electrons. The van der Waals surface area contributed by atoms with Crippen molar-refractivity contribution in [2.24, 2.45) is 12.1 Å². The number of hydrogen-bond acceptors (Lipinski definition) is 5. The van der Waals surface area contributed by atoms with Gasteiger partial charge in [-0.2, -0.15) is 5.10 Å². The SMILES string of the molecule is Cc1c(NC(=O)C(=O)NN=Cc2ccc(OCc3cccc(F)c3)cc2)c(=O)n(-c2ccccc2)n1C. The molecule has 1 aromatic heterocycles. The van der Waals surface area contributed by atoms with Crippen molar-refractivity contribution in [1.29, 1.82) is 0 Å². The van der Waals surface area contributed by atoms with Gasteiger partial charge in [-0.3, -0.25) is 19.1 Å². The van der Waals surface area contributed by atoms with Gasteiger partial charge in [0.1, 0.15) is 23.9 Å². The highest BCUT2D eigenvalue weighted by Crippen LogP contribution is 2.15. The first-order chi connectivity index (χ1) is 17.8. The van der Waals surface area contributed by atoms with Crippen molar-refractivity contribution in [1.82, 2.24) is 14.8 Å². The number of amides is 2. The molecule has 2 amide bonds. The third kappa shape index (κ3) is 5.99. The van der Waals surface area contributed by atoms with Gasteiger partial charge in [0.15, 0.2) is 0 Å². The van der Waals surface area contributed by atoms with Crippen molar-refractivity contribution in [2.45, 2.75) is 13.5 Å². The zero-order chi connectivity index (χ0) is 26.4. The molecule has 0 atom stereocenters. The molecule has 0 aliphatic rings. The number of carbonyl (C=O) groups excluding carboxylic acids is 2. The van der Waals surface area contributed by atoms with Crippen LogP contribution in [0.15, 0.2) is 88.8 Å². The number of halogens is 1. The molecule has 0 radical (unpaired) electrons. The quantitative estimate of drug-likeness (QED) is 0.230. The molecule has 37 heavy (non-hydrogen) atoms. The number of anilines is 1. The van der Waals surface area contributed by atoms with E-state index in [4.69, 9.17) is 4.74 Å². The van der Waals surface area contributed by atoms with Gasteiger partial charge in [0.05, 0.1) is 17.6 Å². The van der Waals surface area contributed by atoms with Crippen molar-refractivity contribution >= 4 is 23.7 Å². The summed E-state index contributed by atoms with van der Waals surface area (Å²) in [5.74, 6) is -1.81. The third-order valence-corrected chi connectivity index (χ3v) is 5.55. The predicted molar refractivity (Wildman–Crippen MR) is 137 cm³/mol. The number of rotatable bonds is 7. The highest BCUT2D eigenvalue weighted by atomic mass is 19.1. The topological polar surface area (TPSA) is 107 Å². The number of carbonyl (C=O) groups is 2. The standard InChI is InChI=1S/C27H24FN5O4/c1-18-24(27(36)33(32(18)2)22-9-4-3-5-10-22)30-25(34)26(35)31-29-16-19-11-13-23(14-12-19)37-17-20-7-6-8-21(28)15-20/h3-16H,17H2,1-2H3,(H,30,34)(H,31,35). The van der Waals surface area contributed by atoms with Crippen LogP contribution in [-0.2, 0) is 23.2 Å². The van der Waals surface area contributed by atoms with Crippen molar-refractivity contribution in [3.8, 4) is 11.4 Å². The largest absolute Gasteiger partial charge is 0.489 e. The molecule has 0 aliphatic heterocycles. The zero-order valence-electron chi connectivity index (χ0n) is 20.1. The Kier molecular flexibility index (Phi) is 7.58. The highest BCUT2D eigenvalue weighted by Gasteiger charge is 2.21. The van der Waals surface area contributed by atoms with Crippen LogP contribution in [0.2, 0.25) is 0 Å². The Hall–Kier alpha value is -4.99. The lowest BCUT2D eigenvalue weighted by atomic mass is 10.2. The van der Waals surface area contributed by atoms with Gasteiger partial charge in [0, 0.05) is 7.05 Å². The normalized spacial score (nSPS) is 10.9. The summed E-state index contributed by atoms with van der Waals surface area (Å²) in [5.41, 5.74) is 4.14. The summed E-state index contributed by atoms with van der Waals surface area (Å²) in [6.45, 7) is 1.88. The minimum atomic E-state index is -1.03. The van der Waals surface area contributed by atoms with Crippen LogP contribution in [0, 0.1) is 12.7 Å². The van der Waals surface area contributed by atoms with Crippen molar-refractivity contribution in [3.63, 3.8) is 0 Å². The van der Waals surface area contributed by atoms with Gasteiger partial charge in [0.2, 0.25) is 0 Å². The maximum Gasteiger partial charge on any atom is 0.329 e. The van der Waals surface area contributed by atoms with Crippen LogP contribution in [-0.4, -0.2) is 27.4 Å². The van der Waals surface area contributed by atoms with E-state index in [1.807, 2.05) is 6.07 Å². The molecule has 3 aromatic carbocycles. The van der Waals surface area contributed by atoms with E-state index in [1.54, 1.807) is 79.3 Å². The fraction of sp³-hybridized carbons (Fsp3) is 0.111. The summed E-state index contributed by atoms with van der Waals surface area (Å²) in [4.78, 5) is 37.5. The Labute approximate surface area is 211 Å². The molecule has 0 unspecified atom stereocenters. The van der Waals surface area contributed by atoms with E-state index < -0.39 is 17.4 Å². The van der Waals surface area contributed by atoms with Crippen molar-refractivity contribution in [3.05, 3.63) is 112 Å². The number of nitrogens with one attached hydrogen (secondary N) is 2. The lowest BCUT2D eigenvalue weighted by Gasteiger charge is -2.07. The molecule has 1 heterocycles. The molecule has 0 aliphatic carbocycles. The van der Waals surface area contributed by atoms with Crippen LogP contribution in [0.4, 0.5) is 10.1 Å². The zero-order valence-corrected chi connectivity index (χ0v) is 20.1. The first-order valence-corrected chi connectivity index (χ1v) is 11.3. The molecule has 0 fully saturated rings. The second kappa shape index (κ2) is 11.2. The Morgan fingerprint density at radius 2 is 1.73 bits per heavy atom. The Morgan fingerprint density at radius 3 is 2.43 bits per heavy atom. The molecule has 0 saturated carbocycles. The van der Waals surface area contributed by atoms with E-state index in [0.717, 1.165) is 0 Å². The van der Waals surface area contributed by atoms with Gasteiger partial charge in [-0.05, 0) is 66.6 Å². The van der Waals surface area contributed by atoms with Gasteiger partial charge in [-0.1, -0.05) is 30.3 Å². The fourth-order valence-electron chi connectivity index (χ4n) is 3.54. The minimum absolute atomic E-state index is 0.00399. The van der Waals surface area contributed by atoms with Crippen LogP contribution in [0.3, 0.4) is 0 Å². The third-order valence-electron chi connectivity index (χ3n) is 5.55. The monoisotopic (exact) mass is 501 g/mol. The maximum atomic E-state index is 13.3. The van der Waals surface area contributed by atoms with E-state index in [9.17, 15) is 18.8 Å². The number of aromatic nitrogens is 2. The fourth-order valence-corrected chi connectivity index (χ4v) is 3.54. The lowest BCUT2D eigenvalue weighted by Crippen LogP contribution is -2.34. The molecule has 9 nitrogen and oxygen atoms in total. The summed E-state index contributed by atoms with van der Waals surface area (Å²) < 4.78 is 21.9. The van der Waals surface area contributed by atoms with Gasteiger partial charge in [-0.25, -0.2) is 14.5 Å². The number of para-hydroxylation sites is 1. The molecule has 10 heteroatoms. The molecular formula is C27H24FN5O4. The Morgan fingerprint density at radius 1 is 1.00 bits per heavy atom. The molecular weight excluding hydrogens is 477 g/mol. The smallest absolute Gasteiger partial charge is 0.329 e. The van der Waals surface area contributed by atoms with Crippen LogP contribution in [0.1, 0.15) is 16.8 Å². The van der Waals surface area contributed by atoms with E-state index in [0.29, 0.717) is 28.3 Å². The number of hydrazone groups is 1. The van der Waals surface area contributed by atoms with Gasteiger partial charge >= 0.3 is 11.8 Å². The first kappa shape index (κ1) is 25.1.